The van der Waals surface area contributed by atoms with Crippen molar-refractivity contribution in [2.24, 2.45) is 0 Å². The lowest BCUT2D eigenvalue weighted by molar-refractivity contribution is -0.118. The van der Waals surface area contributed by atoms with Gasteiger partial charge in [-0.3, -0.25) is 4.79 Å². The maximum atomic E-state index is 13.4. The summed E-state index contributed by atoms with van der Waals surface area (Å²) in [5.74, 6) is 1.55. The molecule has 0 unspecified atom stereocenters. The predicted octanol–water partition coefficient (Wildman–Crippen LogP) is 5.01. The molecule has 0 fully saturated rings. The van der Waals surface area contributed by atoms with E-state index in [0.29, 0.717) is 47.2 Å². The minimum atomic E-state index is -0.708. The summed E-state index contributed by atoms with van der Waals surface area (Å²) in [5, 5.41) is 6.69. The normalized spacial score (nSPS) is 11.2. The van der Waals surface area contributed by atoms with E-state index in [2.05, 4.69) is 10.6 Å². The van der Waals surface area contributed by atoms with Crippen molar-refractivity contribution in [3.05, 3.63) is 72.4 Å². The van der Waals surface area contributed by atoms with Crippen molar-refractivity contribution < 1.29 is 19.1 Å². The summed E-state index contributed by atoms with van der Waals surface area (Å²) < 4.78 is 13.2. The Kier molecular flexibility index (Phi) is 7.71. The molecule has 4 aromatic rings. The van der Waals surface area contributed by atoms with Crippen LogP contribution < -0.4 is 15.4 Å². The van der Waals surface area contributed by atoms with Crippen LogP contribution in [0.2, 0.25) is 0 Å². The number of hydrogen-bond donors (Lipinski definition) is 2. The SMILES string of the molecule is CC(=O)NCCNc1nc(-c2ccccc2)nc2c1cc(COc1ccccc1)n2C(=O)OC(C)(C)C. The molecule has 0 radical (unpaired) electrons. The topological polar surface area (TPSA) is 107 Å². The van der Waals surface area contributed by atoms with Gasteiger partial charge >= 0.3 is 6.09 Å². The lowest BCUT2D eigenvalue weighted by atomic mass is 10.2. The average molecular weight is 502 g/mol. The fourth-order valence-corrected chi connectivity index (χ4v) is 3.69. The quantitative estimate of drug-likeness (QED) is 0.327. The zero-order valence-electron chi connectivity index (χ0n) is 21.4. The van der Waals surface area contributed by atoms with Gasteiger partial charge in [0.05, 0.1) is 11.1 Å². The minimum Gasteiger partial charge on any atom is -0.487 e. The Morgan fingerprint density at radius 1 is 0.946 bits per heavy atom. The van der Waals surface area contributed by atoms with Crippen molar-refractivity contribution in [2.75, 3.05) is 18.4 Å². The minimum absolute atomic E-state index is 0.115. The zero-order chi connectivity index (χ0) is 26.4. The van der Waals surface area contributed by atoms with E-state index in [1.807, 2.05) is 87.5 Å². The summed E-state index contributed by atoms with van der Waals surface area (Å²) >= 11 is 0. The highest BCUT2D eigenvalue weighted by Gasteiger charge is 2.25. The number of fused-ring (bicyclic) bond motifs is 1. The Bertz CT molecular complexity index is 1380. The van der Waals surface area contributed by atoms with Crippen LogP contribution in [0.5, 0.6) is 5.75 Å². The van der Waals surface area contributed by atoms with E-state index in [0.717, 1.165) is 5.56 Å². The smallest absolute Gasteiger partial charge is 0.420 e. The van der Waals surface area contributed by atoms with Crippen LogP contribution in [0.4, 0.5) is 10.6 Å². The number of benzene rings is 2. The highest BCUT2D eigenvalue weighted by Crippen LogP contribution is 2.29. The van der Waals surface area contributed by atoms with Crippen molar-refractivity contribution in [3.8, 4) is 17.1 Å². The molecule has 0 bridgehead atoms. The number of anilines is 1. The summed E-state index contributed by atoms with van der Waals surface area (Å²) in [4.78, 5) is 34.2. The van der Waals surface area contributed by atoms with Crippen LogP contribution in [0, 0.1) is 0 Å². The van der Waals surface area contributed by atoms with Crippen LogP contribution >= 0.6 is 0 Å². The summed E-state index contributed by atoms with van der Waals surface area (Å²) in [6, 6.07) is 20.7. The molecule has 2 aromatic carbocycles. The van der Waals surface area contributed by atoms with Crippen molar-refractivity contribution >= 4 is 28.9 Å². The molecule has 9 heteroatoms. The number of hydrogen-bond acceptors (Lipinski definition) is 7. The first-order valence-corrected chi connectivity index (χ1v) is 12.1. The molecule has 192 valence electrons. The molecule has 0 spiro atoms. The number of para-hydroxylation sites is 1. The average Bonchev–Trinajstić information content (AvgIpc) is 3.24. The van der Waals surface area contributed by atoms with Gasteiger partial charge < -0.3 is 20.1 Å². The van der Waals surface area contributed by atoms with E-state index in [4.69, 9.17) is 19.4 Å². The molecular formula is C28H31N5O4. The Morgan fingerprint density at radius 3 is 2.27 bits per heavy atom. The van der Waals surface area contributed by atoms with Gasteiger partial charge in [-0.2, -0.15) is 0 Å². The summed E-state index contributed by atoms with van der Waals surface area (Å²) in [5.41, 5.74) is 1.06. The lowest BCUT2D eigenvalue weighted by Crippen LogP contribution is -2.28. The van der Waals surface area contributed by atoms with E-state index in [1.54, 1.807) is 0 Å². The maximum Gasteiger partial charge on any atom is 0.420 e. The second-order valence-electron chi connectivity index (χ2n) is 9.46. The van der Waals surface area contributed by atoms with Gasteiger partial charge in [0.2, 0.25) is 5.91 Å². The molecule has 0 atom stereocenters. The first-order valence-electron chi connectivity index (χ1n) is 12.1. The molecule has 37 heavy (non-hydrogen) atoms. The number of amides is 1. The maximum absolute atomic E-state index is 13.4. The van der Waals surface area contributed by atoms with Crippen molar-refractivity contribution in [1.82, 2.24) is 19.9 Å². The first-order chi connectivity index (χ1) is 17.7. The third kappa shape index (κ3) is 6.63. The Labute approximate surface area is 215 Å². The Hall–Kier alpha value is -4.40. The predicted molar refractivity (Wildman–Crippen MR) is 143 cm³/mol. The van der Waals surface area contributed by atoms with E-state index in [-0.39, 0.29) is 12.5 Å². The molecule has 9 nitrogen and oxygen atoms in total. The van der Waals surface area contributed by atoms with E-state index >= 15 is 0 Å². The van der Waals surface area contributed by atoms with Gasteiger partial charge in [-0.25, -0.2) is 19.3 Å². The third-order valence-corrected chi connectivity index (χ3v) is 5.26. The first kappa shape index (κ1) is 25.7. The number of aromatic nitrogens is 3. The van der Waals surface area contributed by atoms with Crippen molar-refractivity contribution in [1.29, 1.82) is 0 Å². The van der Waals surface area contributed by atoms with Gasteiger partial charge in [-0.15, -0.1) is 0 Å². The largest absolute Gasteiger partial charge is 0.487 e. The van der Waals surface area contributed by atoms with E-state index < -0.39 is 11.7 Å². The van der Waals surface area contributed by atoms with Crippen LogP contribution in [0.1, 0.15) is 33.4 Å². The molecule has 0 aliphatic carbocycles. The molecule has 0 saturated heterocycles. The number of nitrogens with one attached hydrogen (secondary N) is 2. The summed E-state index contributed by atoms with van der Waals surface area (Å²) in [6.45, 7) is 7.88. The molecule has 2 aromatic heterocycles. The van der Waals surface area contributed by atoms with Crippen LogP contribution in [0.15, 0.2) is 66.7 Å². The third-order valence-electron chi connectivity index (χ3n) is 5.26. The number of nitrogens with zero attached hydrogens (tertiary/aromatic N) is 3. The second kappa shape index (κ2) is 11.1. The summed E-state index contributed by atoms with van der Waals surface area (Å²) in [7, 11) is 0. The standard InChI is InChI=1S/C28H31N5O4/c1-19(34)29-15-16-30-25-23-17-21(18-36-22-13-9-6-10-14-22)33(27(35)37-28(2,3)4)26(23)32-24(31-25)20-11-7-5-8-12-20/h5-14,17H,15-16,18H2,1-4H3,(H,29,34)(H,30,31,32). The van der Waals surface area contributed by atoms with Gasteiger partial charge in [-0.05, 0) is 39.0 Å². The molecule has 0 saturated carbocycles. The number of carbonyl (C=O) groups is 2. The molecule has 2 heterocycles. The van der Waals surface area contributed by atoms with Crippen molar-refractivity contribution in [2.45, 2.75) is 39.9 Å². The van der Waals surface area contributed by atoms with Gasteiger partial charge in [0.25, 0.3) is 0 Å². The van der Waals surface area contributed by atoms with E-state index in [1.165, 1.54) is 11.5 Å². The lowest BCUT2D eigenvalue weighted by Gasteiger charge is -2.21. The Morgan fingerprint density at radius 2 is 1.62 bits per heavy atom. The number of rotatable bonds is 8. The second-order valence-corrected chi connectivity index (χ2v) is 9.46. The monoisotopic (exact) mass is 501 g/mol. The molecule has 2 N–H and O–H groups in total. The highest BCUT2D eigenvalue weighted by atomic mass is 16.6. The Balaban J connectivity index is 1.82. The van der Waals surface area contributed by atoms with Gasteiger partial charge in [0, 0.05) is 25.6 Å². The van der Waals surface area contributed by atoms with Crippen LogP contribution in [-0.4, -0.2) is 45.2 Å². The van der Waals surface area contributed by atoms with Gasteiger partial charge in [0.1, 0.15) is 23.8 Å². The molecular weight excluding hydrogens is 470 g/mol. The number of ether oxygens (including phenoxy) is 2. The summed E-state index contributed by atoms with van der Waals surface area (Å²) in [6.07, 6.45) is -0.559. The molecule has 1 amide bonds. The fourth-order valence-electron chi connectivity index (χ4n) is 3.69. The van der Waals surface area contributed by atoms with Gasteiger partial charge in [-0.1, -0.05) is 48.5 Å². The molecule has 4 rings (SSSR count). The fraction of sp³-hybridized carbons (Fsp3) is 0.286. The van der Waals surface area contributed by atoms with Gasteiger partial charge in [0.15, 0.2) is 11.5 Å². The van der Waals surface area contributed by atoms with E-state index in [9.17, 15) is 9.59 Å². The van der Waals surface area contributed by atoms with Crippen LogP contribution in [-0.2, 0) is 16.1 Å². The zero-order valence-corrected chi connectivity index (χ0v) is 21.4. The number of carbonyl (C=O) groups excluding carboxylic acids is 2. The molecule has 0 aliphatic heterocycles. The van der Waals surface area contributed by atoms with Crippen LogP contribution in [0.25, 0.3) is 22.4 Å². The molecule has 0 aliphatic rings. The van der Waals surface area contributed by atoms with Crippen LogP contribution in [0.3, 0.4) is 0 Å². The van der Waals surface area contributed by atoms with Crippen molar-refractivity contribution in [3.63, 3.8) is 0 Å². The highest BCUT2D eigenvalue weighted by molar-refractivity contribution is 5.95.